The number of halogens is 1. The molecule has 0 N–H and O–H groups in total. The van der Waals surface area contributed by atoms with Crippen molar-refractivity contribution in [2.45, 2.75) is 12.6 Å². The summed E-state index contributed by atoms with van der Waals surface area (Å²) in [6.45, 7) is 4.13. The van der Waals surface area contributed by atoms with Gasteiger partial charge in [0.05, 0.1) is 0 Å². The average Bonchev–Trinajstić information content (AvgIpc) is 2.75. The first-order valence-electron chi connectivity index (χ1n) is 8.97. The lowest BCUT2D eigenvalue weighted by atomic mass is 10.0. The molecule has 0 heterocycles. The van der Waals surface area contributed by atoms with Crippen molar-refractivity contribution in [3.8, 4) is 11.8 Å². The second kappa shape index (κ2) is 9.73. The zero-order valence-corrected chi connectivity index (χ0v) is 17.0. The minimum absolute atomic E-state index is 0.160. The van der Waals surface area contributed by atoms with Crippen LogP contribution in [0.25, 0.3) is 0 Å². The van der Waals surface area contributed by atoms with Gasteiger partial charge in [-0.15, -0.1) is 0 Å². The van der Waals surface area contributed by atoms with E-state index in [1.165, 1.54) is 6.08 Å². The summed E-state index contributed by atoms with van der Waals surface area (Å²) in [5.41, 5.74) is 2.89. The molecule has 0 saturated heterocycles. The lowest BCUT2D eigenvalue weighted by molar-refractivity contribution is -0.128. The Hall–Kier alpha value is -3.09. The summed E-state index contributed by atoms with van der Waals surface area (Å²) >= 11 is 3.62. The SMILES string of the molecule is C=CC(=O)N(Cc1ccccc1)C(C#Cc1ccccc1)c1ccccc1Br. The van der Waals surface area contributed by atoms with Crippen molar-refractivity contribution >= 4 is 21.8 Å². The number of nitrogens with zero attached hydrogens (tertiary/aromatic N) is 1. The van der Waals surface area contributed by atoms with Crippen LogP contribution in [-0.4, -0.2) is 10.8 Å². The Bertz CT molecular complexity index is 1000. The number of carbonyl (C=O) groups excluding carboxylic acids is 1. The summed E-state index contributed by atoms with van der Waals surface area (Å²) in [4.78, 5) is 14.5. The van der Waals surface area contributed by atoms with Crippen LogP contribution in [0, 0.1) is 11.8 Å². The average molecular weight is 430 g/mol. The summed E-state index contributed by atoms with van der Waals surface area (Å²) < 4.78 is 0.914. The minimum Gasteiger partial charge on any atom is -0.317 e. The van der Waals surface area contributed by atoms with Gasteiger partial charge in [-0.2, -0.15) is 0 Å². The molecule has 3 aromatic carbocycles. The molecule has 0 spiro atoms. The van der Waals surface area contributed by atoms with Gasteiger partial charge in [0.15, 0.2) is 0 Å². The summed E-state index contributed by atoms with van der Waals surface area (Å²) in [6, 6.07) is 27.1. The molecule has 0 aliphatic carbocycles. The molecule has 0 bridgehead atoms. The standard InChI is InChI=1S/C25H20BrNO/c1-2-25(28)27(19-21-13-7-4-8-14-21)24(22-15-9-10-16-23(22)26)18-17-20-11-5-3-6-12-20/h2-16,24H,1,19H2. The second-order valence-corrected chi connectivity index (χ2v) is 7.07. The van der Waals surface area contributed by atoms with E-state index in [0.717, 1.165) is 21.2 Å². The fourth-order valence-electron chi connectivity index (χ4n) is 2.89. The molecule has 3 heteroatoms. The van der Waals surface area contributed by atoms with Gasteiger partial charge in [-0.25, -0.2) is 0 Å². The van der Waals surface area contributed by atoms with Crippen molar-refractivity contribution in [1.82, 2.24) is 4.90 Å². The predicted molar refractivity (Wildman–Crippen MR) is 117 cm³/mol. The highest BCUT2D eigenvalue weighted by Crippen LogP contribution is 2.29. The molecule has 28 heavy (non-hydrogen) atoms. The Morgan fingerprint density at radius 1 is 0.964 bits per heavy atom. The van der Waals surface area contributed by atoms with E-state index in [1.807, 2.05) is 84.9 Å². The van der Waals surface area contributed by atoms with E-state index in [2.05, 4.69) is 34.3 Å². The maximum absolute atomic E-state index is 12.8. The lowest BCUT2D eigenvalue weighted by Gasteiger charge is -2.28. The highest BCUT2D eigenvalue weighted by Gasteiger charge is 2.24. The third kappa shape index (κ3) is 5.00. The summed E-state index contributed by atoms with van der Waals surface area (Å²) in [5.74, 6) is 6.36. The van der Waals surface area contributed by atoms with Crippen LogP contribution in [-0.2, 0) is 11.3 Å². The molecule has 1 atom stereocenters. The Kier molecular flexibility index (Phi) is 6.84. The van der Waals surface area contributed by atoms with Crippen LogP contribution >= 0.6 is 15.9 Å². The lowest BCUT2D eigenvalue weighted by Crippen LogP contribution is -2.32. The number of hydrogen-bond donors (Lipinski definition) is 0. The highest BCUT2D eigenvalue weighted by atomic mass is 79.9. The van der Waals surface area contributed by atoms with Crippen molar-refractivity contribution in [3.05, 3.63) is 119 Å². The molecule has 3 rings (SSSR count). The van der Waals surface area contributed by atoms with Gasteiger partial charge in [0, 0.05) is 22.1 Å². The molecule has 1 amide bonds. The van der Waals surface area contributed by atoms with E-state index in [1.54, 1.807) is 4.90 Å². The van der Waals surface area contributed by atoms with E-state index < -0.39 is 6.04 Å². The Balaban J connectivity index is 2.06. The van der Waals surface area contributed by atoms with Crippen molar-refractivity contribution in [2.75, 3.05) is 0 Å². The van der Waals surface area contributed by atoms with Crippen LogP contribution in [0.5, 0.6) is 0 Å². The topological polar surface area (TPSA) is 20.3 Å². The number of amides is 1. The zero-order valence-electron chi connectivity index (χ0n) is 15.4. The molecular formula is C25H20BrNO. The Labute approximate surface area is 174 Å². The Morgan fingerprint density at radius 3 is 2.21 bits per heavy atom. The number of rotatable bonds is 5. The molecule has 138 valence electrons. The van der Waals surface area contributed by atoms with Gasteiger partial charge in [0.1, 0.15) is 6.04 Å². The van der Waals surface area contributed by atoms with Crippen LogP contribution in [0.4, 0.5) is 0 Å². The predicted octanol–water partition coefficient (Wildman–Crippen LogP) is 5.76. The fourth-order valence-corrected chi connectivity index (χ4v) is 3.39. The molecule has 2 nitrogen and oxygen atoms in total. The maximum atomic E-state index is 12.8. The molecule has 0 fully saturated rings. The molecule has 1 unspecified atom stereocenters. The van der Waals surface area contributed by atoms with Gasteiger partial charge in [-0.3, -0.25) is 4.79 Å². The zero-order chi connectivity index (χ0) is 19.8. The number of hydrogen-bond acceptors (Lipinski definition) is 1. The Morgan fingerprint density at radius 2 is 1.57 bits per heavy atom. The van der Waals surface area contributed by atoms with Gasteiger partial charge < -0.3 is 4.90 Å². The molecule has 0 aromatic heterocycles. The largest absolute Gasteiger partial charge is 0.317 e. The van der Waals surface area contributed by atoms with Crippen molar-refractivity contribution in [2.24, 2.45) is 0 Å². The summed E-state index contributed by atoms with van der Waals surface area (Å²) in [7, 11) is 0. The first-order valence-corrected chi connectivity index (χ1v) is 9.76. The first kappa shape index (κ1) is 19.7. The minimum atomic E-state index is -0.415. The van der Waals surface area contributed by atoms with Gasteiger partial charge in [-0.1, -0.05) is 101 Å². The maximum Gasteiger partial charge on any atom is 0.247 e. The smallest absolute Gasteiger partial charge is 0.247 e. The molecule has 3 aromatic rings. The highest BCUT2D eigenvalue weighted by molar-refractivity contribution is 9.10. The van der Waals surface area contributed by atoms with Gasteiger partial charge >= 0.3 is 0 Å². The van der Waals surface area contributed by atoms with Gasteiger partial charge in [-0.05, 0) is 29.8 Å². The number of carbonyl (C=O) groups is 1. The molecule has 0 saturated carbocycles. The van der Waals surface area contributed by atoms with Crippen LogP contribution in [0.2, 0.25) is 0 Å². The number of benzene rings is 3. The molecule has 0 radical (unpaired) electrons. The van der Waals surface area contributed by atoms with Crippen molar-refractivity contribution in [3.63, 3.8) is 0 Å². The molecule has 0 aliphatic heterocycles. The van der Waals surface area contributed by atoms with E-state index in [-0.39, 0.29) is 5.91 Å². The van der Waals surface area contributed by atoms with E-state index in [4.69, 9.17) is 0 Å². The van der Waals surface area contributed by atoms with Gasteiger partial charge in [0.2, 0.25) is 5.91 Å². The van der Waals surface area contributed by atoms with Crippen LogP contribution < -0.4 is 0 Å². The van der Waals surface area contributed by atoms with E-state index >= 15 is 0 Å². The fraction of sp³-hybridized carbons (Fsp3) is 0.0800. The van der Waals surface area contributed by atoms with Gasteiger partial charge in [0.25, 0.3) is 0 Å². The summed E-state index contributed by atoms with van der Waals surface area (Å²) in [6.07, 6.45) is 1.34. The third-order valence-corrected chi connectivity index (χ3v) is 5.01. The molecule has 0 aliphatic rings. The second-order valence-electron chi connectivity index (χ2n) is 6.22. The van der Waals surface area contributed by atoms with Crippen molar-refractivity contribution in [1.29, 1.82) is 0 Å². The van der Waals surface area contributed by atoms with Crippen LogP contribution in [0.3, 0.4) is 0 Å². The third-order valence-electron chi connectivity index (χ3n) is 4.29. The monoisotopic (exact) mass is 429 g/mol. The summed E-state index contributed by atoms with van der Waals surface area (Å²) in [5, 5.41) is 0. The normalized spacial score (nSPS) is 11.0. The molecular weight excluding hydrogens is 410 g/mol. The first-order chi connectivity index (χ1) is 13.7. The quantitative estimate of drug-likeness (QED) is 0.373. The van der Waals surface area contributed by atoms with Crippen LogP contribution in [0.15, 0.2) is 102 Å². The van der Waals surface area contributed by atoms with Crippen molar-refractivity contribution < 1.29 is 4.79 Å². The van der Waals surface area contributed by atoms with Crippen LogP contribution in [0.1, 0.15) is 22.7 Å². The van der Waals surface area contributed by atoms with E-state index in [0.29, 0.717) is 6.54 Å². The van der Waals surface area contributed by atoms with E-state index in [9.17, 15) is 4.79 Å².